The number of carbonyl (C=O) groups is 3. The number of carboxylic acids is 1. The molecular weight excluding hydrogens is 360 g/mol. The Hall–Kier alpha value is -3.35. The molecule has 0 saturated heterocycles. The van der Waals surface area contributed by atoms with Crippen molar-refractivity contribution in [3.05, 3.63) is 60.2 Å². The van der Waals surface area contributed by atoms with Crippen LogP contribution < -0.4 is 15.0 Å². The zero-order chi connectivity index (χ0) is 20.3. The van der Waals surface area contributed by atoms with E-state index < -0.39 is 29.9 Å². The molecule has 3 atom stereocenters. The third-order valence-corrected chi connectivity index (χ3v) is 4.74. The molecule has 0 unspecified atom stereocenters. The highest BCUT2D eigenvalue weighted by atomic mass is 16.5. The van der Waals surface area contributed by atoms with E-state index in [4.69, 9.17) is 4.74 Å². The highest BCUT2D eigenvalue weighted by molar-refractivity contribution is 6.03. The van der Waals surface area contributed by atoms with Gasteiger partial charge < -0.3 is 15.2 Å². The summed E-state index contributed by atoms with van der Waals surface area (Å²) in [5.74, 6) is -2.09. The molecule has 0 fully saturated rings. The van der Waals surface area contributed by atoms with E-state index in [2.05, 4.69) is 5.32 Å². The van der Waals surface area contributed by atoms with Crippen molar-refractivity contribution in [2.75, 3.05) is 11.4 Å². The predicted molar refractivity (Wildman–Crippen MR) is 103 cm³/mol. The van der Waals surface area contributed by atoms with E-state index in [9.17, 15) is 19.5 Å². The molecule has 2 aromatic carbocycles. The highest BCUT2D eigenvalue weighted by Gasteiger charge is 2.34. The SMILES string of the molecule is C[C@@H]1Oc2ccccc2N(CC(=O)N[C@H](c2ccccc2)[C@@H](C)C(=O)O)C1=O. The summed E-state index contributed by atoms with van der Waals surface area (Å²) < 4.78 is 5.58. The molecule has 146 valence electrons. The first kappa shape index (κ1) is 19.4. The second kappa shape index (κ2) is 8.12. The van der Waals surface area contributed by atoms with Crippen LogP contribution in [0.2, 0.25) is 0 Å². The summed E-state index contributed by atoms with van der Waals surface area (Å²) in [4.78, 5) is 38.2. The first-order chi connectivity index (χ1) is 13.4. The second-order valence-electron chi connectivity index (χ2n) is 6.73. The van der Waals surface area contributed by atoms with Crippen molar-refractivity contribution in [1.29, 1.82) is 0 Å². The number of carbonyl (C=O) groups excluding carboxylic acids is 2. The van der Waals surface area contributed by atoms with E-state index >= 15 is 0 Å². The quantitative estimate of drug-likeness (QED) is 0.800. The molecular formula is C21H22N2O5. The molecule has 2 N–H and O–H groups in total. The maximum Gasteiger partial charge on any atom is 0.308 e. The molecule has 1 aliphatic heterocycles. The number of carboxylic acid groups (broad SMARTS) is 1. The van der Waals surface area contributed by atoms with Gasteiger partial charge in [-0.3, -0.25) is 19.3 Å². The lowest BCUT2D eigenvalue weighted by molar-refractivity contribution is -0.142. The van der Waals surface area contributed by atoms with Crippen LogP contribution in [-0.2, 0) is 14.4 Å². The molecule has 7 nitrogen and oxygen atoms in total. The van der Waals surface area contributed by atoms with Crippen LogP contribution in [0.25, 0.3) is 0 Å². The van der Waals surface area contributed by atoms with Gasteiger partial charge in [-0.15, -0.1) is 0 Å². The normalized spacial score (nSPS) is 17.9. The fraction of sp³-hybridized carbons (Fsp3) is 0.286. The van der Waals surface area contributed by atoms with Gasteiger partial charge in [0.25, 0.3) is 5.91 Å². The van der Waals surface area contributed by atoms with E-state index in [1.807, 2.05) is 6.07 Å². The maximum absolute atomic E-state index is 12.7. The Kier molecular flexibility index (Phi) is 5.63. The largest absolute Gasteiger partial charge is 0.481 e. The number of benzene rings is 2. The minimum atomic E-state index is -1.02. The summed E-state index contributed by atoms with van der Waals surface area (Å²) in [6, 6.07) is 15.2. The number of rotatable bonds is 6. The topological polar surface area (TPSA) is 95.9 Å². The van der Waals surface area contributed by atoms with Gasteiger partial charge in [0.1, 0.15) is 12.3 Å². The van der Waals surface area contributed by atoms with Gasteiger partial charge in [-0.2, -0.15) is 0 Å². The van der Waals surface area contributed by atoms with E-state index in [0.29, 0.717) is 17.0 Å². The summed E-state index contributed by atoms with van der Waals surface area (Å²) in [7, 11) is 0. The third-order valence-electron chi connectivity index (χ3n) is 4.74. The lowest BCUT2D eigenvalue weighted by atomic mass is 9.94. The number of para-hydroxylation sites is 2. The Bertz CT molecular complexity index is 883. The molecule has 7 heteroatoms. The second-order valence-corrected chi connectivity index (χ2v) is 6.73. The Morgan fingerprint density at radius 3 is 2.46 bits per heavy atom. The van der Waals surface area contributed by atoms with Crippen LogP contribution in [0.3, 0.4) is 0 Å². The summed E-state index contributed by atoms with van der Waals surface area (Å²) in [5, 5.41) is 12.2. The number of nitrogens with zero attached hydrogens (tertiary/aromatic N) is 1. The van der Waals surface area contributed by atoms with Gasteiger partial charge in [0, 0.05) is 0 Å². The number of hydrogen-bond acceptors (Lipinski definition) is 4. The summed E-state index contributed by atoms with van der Waals surface area (Å²) >= 11 is 0. The smallest absolute Gasteiger partial charge is 0.308 e. The lowest BCUT2D eigenvalue weighted by Gasteiger charge is -2.33. The molecule has 3 rings (SSSR count). The van der Waals surface area contributed by atoms with Crippen molar-refractivity contribution in [1.82, 2.24) is 5.32 Å². The number of hydrogen-bond donors (Lipinski definition) is 2. The maximum atomic E-state index is 12.7. The van der Waals surface area contributed by atoms with Gasteiger partial charge >= 0.3 is 5.97 Å². The van der Waals surface area contributed by atoms with Gasteiger partial charge in [-0.1, -0.05) is 42.5 Å². The minimum Gasteiger partial charge on any atom is -0.481 e. The summed E-state index contributed by atoms with van der Waals surface area (Å²) in [6.07, 6.45) is -0.703. The van der Waals surface area contributed by atoms with Crippen molar-refractivity contribution >= 4 is 23.5 Å². The molecule has 1 aliphatic rings. The Balaban J connectivity index is 1.81. The van der Waals surface area contributed by atoms with Crippen molar-refractivity contribution < 1.29 is 24.2 Å². The summed E-state index contributed by atoms with van der Waals surface area (Å²) in [5.41, 5.74) is 1.20. The molecule has 0 spiro atoms. The first-order valence-electron chi connectivity index (χ1n) is 9.02. The number of aliphatic carboxylic acids is 1. The fourth-order valence-corrected chi connectivity index (χ4v) is 3.18. The molecule has 0 aliphatic carbocycles. The fourth-order valence-electron chi connectivity index (χ4n) is 3.18. The third kappa shape index (κ3) is 3.98. The van der Waals surface area contributed by atoms with E-state index in [1.165, 1.54) is 11.8 Å². The zero-order valence-corrected chi connectivity index (χ0v) is 15.7. The molecule has 0 bridgehead atoms. The number of amides is 2. The van der Waals surface area contributed by atoms with Gasteiger partial charge in [0.2, 0.25) is 5.91 Å². The van der Waals surface area contributed by atoms with Gasteiger partial charge in [-0.05, 0) is 31.5 Å². The van der Waals surface area contributed by atoms with Crippen LogP contribution in [0, 0.1) is 5.92 Å². The van der Waals surface area contributed by atoms with Crippen molar-refractivity contribution in [3.8, 4) is 5.75 Å². The first-order valence-corrected chi connectivity index (χ1v) is 9.02. The van der Waals surface area contributed by atoms with E-state index in [1.54, 1.807) is 55.5 Å². The van der Waals surface area contributed by atoms with Crippen LogP contribution in [-0.4, -0.2) is 35.5 Å². The Morgan fingerprint density at radius 1 is 1.14 bits per heavy atom. The number of fused-ring (bicyclic) bond motifs is 1. The molecule has 2 aromatic rings. The van der Waals surface area contributed by atoms with Crippen molar-refractivity contribution in [2.24, 2.45) is 5.92 Å². The number of ether oxygens (including phenoxy) is 1. The standard InChI is InChI=1S/C21H22N2O5/c1-13(21(26)27)19(15-8-4-3-5-9-15)22-18(24)12-23-16-10-6-7-11-17(16)28-14(2)20(23)25/h3-11,13-14,19H,12H2,1-2H3,(H,22,24)(H,26,27)/t13-,14+,19+/m1/s1. The van der Waals surface area contributed by atoms with Crippen LogP contribution in [0.5, 0.6) is 5.75 Å². The van der Waals surface area contributed by atoms with Crippen LogP contribution in [0.15, 0.2) is 54.6 Å². The van der Waals surface area contributed by atoms with Gasteiger partial charge in [0.15, 0.2) is 6.10 Å². The summed E-state index contributed by atoms with van der Waals surface area (Å²) in [6.45, 7) is 2.94. The minimum absolute atomic E-state index is 0.223. The Labute approximate surface area is 162 Å². The Morgan fingerprint density at radius 2 is 1.79 bits per heavy atom. The van der Waals surface area contributed by atoms with E-state index in [0.717, 1.165) is 0 Å². The monoisotopic (exact) mass is 382 g/mol. The van der Waals surface area contributed by atoms with Crippen molar-refractivity contribution in [3.63, 3.8) is 0 Å². The van der Waals surface area contributed by atoms with Crippen LogP contribution >= 0.6 is 0 Å². The lowest BCUT2D eigenvalue weighted by Crippen LogP contribution is -2.49. The highest BCUT2D eigenvalue weighted by Crippen LogP contribution is 2.33. The number of anilines is 1. The van der Waals surface area contributed by atoms with Gasteiger partial charge in [-0.25, -0.2) is 0 Å². The molecule has 28 heavy (non-hydrogen) atoms. The average molecular weight is 382 g/mol. The molecule has 2 amide bonds. The molecule has 1 heterocycles. The van der Waals surface area contributed by atoms with Crippen LogP contribution in [0.4, 0.5) is 5.69 Å². The average Bonchev–Trinajstić information content (AvgIpc) is 2.69. The van der Waals surface area contributed by atoms with Gasteiger partial charge in [0.05, 0.1) is 17.6 Å². The van der Waals surface area contributed by atoms with E-state index in [-0.39, 0.29) is 12.5 Å². The molecule has 0 saturated carbocycles. The van der Waals surface area contributed by atoms with Crippen molar-refractivity contribution in [2.45, 2.75) is 26.0 Å². The molecule has 0 aromatic heterocycles. The zero-order valence-electron chi connectivity index (χ0n) is 15.7. The van der Waals surface area contributed by atoms with Crippen LogP contribution in [0.1, 0.15) is 25.5 Å². The predicted octanol–water partition coefficient (Wildman–Crippen LogP) is 2.38. The molecule has 0 radical (unpaired) electrons. The number of nitrogens with one attached hydrogen (secondary N) is 1.